The average Bonchev–Trinajstić information content (AvgIpc) is 2.30. The van der Waals surface area contributed by atoms with Crippen molar-refractivity contribution in [1.29, 1.82) is 0 Å². The zero-order valence-electron chi connectivity index (χ0n) is 14.3. The summed E-state index contributed by atoms with van der Waals surface area (Å²) in [4.78, 5) is 10.5. The van der Waals surface area contributed by atoms with Crippen molar-refractivity contribution in [3.8, 4) is 0 Å². The van der Waals surface area contributed by atoms with Crippen LogP contribution in [0.5, 0.6) is 0 Å². The van der Waals surface area contributed by atoms with Crippen LogP contribution in [0.2, 0.25) is 0 Å². The molecule has 0 aromatic heterocycles. The summed E-state index contributed by atoms with van der Waals surface area (Å²) in [7, 11) is -3.64. The van der Waals surface area contributed by atoms with Crippen molar-refractivity contribution < 1.29 is 48.4 Å². The average molecular weight is 316 g/mol. The van der Waals surface area contributed by atoms with Crippen molar-refractivity contribution in [3.63, 3.8) is 0 Å². The zero-order chi connectivity index (χ0) is 14.6. The van der Waals surface area contributed by atoms with E-state index in [1.54, 1.807) is 0 Å². The SMILES string of the molecule is CCCCCCCCCCCCS(=O)(=O)OC(C)=O.[H-].[Na+]. The standard InChI is InChI=1S/C14H28O4S.Na.H/c1-3-4-5-6-7-8-9-10-11-12-13-19(16,17)18-14(2)15;;/h3-13H2,1-2H3;;/q;+1;-1. The van der Waals surface area contributed by atoms with Gasteiger partial charge >= 0.3 is 45.6 Å². The minimum Gasteiger partial charge on any atom is -1.00 e. The Labute approximate surface area is 147 Å². The fraction of sp³-hybridized carbons (Fsp3) is 0.929. The van der Waals surface area contributed by atoms with Crippen molar-refractivity contribution in [2.75, 3.05) is 5.75 Å². The smallest absolute Gasteiger partial charge is 1.00 e. The Morgan fingerprint density at radius 1 is 0.900 bits per heavy atom. The molecule has 0 radical (unpaired) electrons. The number of hydrogen-bond acceptors (Lipinski definition) is 4. The van der Waals surface area contributed by atoms with Gasteiger partial charge in [-0.3, -0.25) is 4.79 Å². The molecule has 6 heteroatoms. The predicted molar refractivity (Wildman–Crippen MR) is 78.5 cm³/mol. The van der Waals surface area contributed by atoms with E-state index in [1.165, 1.54) is 44.9 Å². The van der Waals surface area contributed by atoms with Crippen molar-refractivity contribution in [1.82, 2.24) is 0 Å². The first-order valence-corrected chi connectivity index (χ1v) is 8.98. The molecule has 0 aliphatic rings. The van der Waals surface area contributed by atoms with E-state index in [-0.39, 0.29) is 36.7 Å². The molecule has 0 aromatic rings. The van der Waals surface area contributed by atoms with Gasteiger partial charge in [-0.15, -0.1) is 0 Å². The van der Waals surface area contributed by atoms with E-state index < -0.39 is 16.1 Å². The third kappa shape index (κ3) is 16.5. The number of rotatable bonds is 12. The first kappa shape index (κ1) is 22.7. The molecular formula is C14H29NaO4S. The van der Waals surface area contributed by atoms with E-state index in [0.29, 0.717) is 6.42 Å². The molecule has 0 rings (SSSR count). The molecule has 0 saturated heterocycles. The van der Waals surface area contributed by atoms with Crippen LogP contribution in [-0.2, 0) is 19.1 Å². The third-order valence-electron chi connectivity index (χ3n) is 2.99. The molecule has 116 valence electrons. The molecule has 0 saturated carbocycles. The molecule has 0 N–H and O–H groups in total. The van der Waals surface area contributed by atoms with Crippen molar-refractivity contribution >= 4 is 16.1 Å². The van der Waals surface area contributed by atoms with Gasteiger partial charge in [-0.25, -0.2) is 0 Å². The van der Waals surface area contributed by atoms with Gasteiger partial charge in [0.05, 0.1) is 5.75 Å². The van der Waals surface area contributed by atoms with Gasteiger partial charge in [-0.2, -0.15) is 8.42 Å². The molecule has 4 nitrogen and oxygen atoms in total. The van der Waals surface area contributed by atoms with E-state index in [9.17, 15) is 13.2 Å². The summed E-state index contributed by atoms with van der Waals surface area (Å²) in [5, 5.41) is 0. The number of hydrogen-bond donors (Lipinski definition) is 0. The molecule has 0 aromatic carbocycles. The third-order valence-corrected chi connectivity index (χ3v) is 4.27. The van der Waals surface area contributed by atoms with Gasteiger partial charge < -0.3 is 5.61 Å². The summed E-state index contributed by atoms with van der Waals surface area (Å²) in [6.07, 6.45) is 11.5. The topological polar surface area (TPSA) is 60.4 Å². The molecule has 0 bridgehead atoms. The molecule has 0 unspecified atom stereocenters. The van der Waals surface area contributed by atoms with Crippen LogP contribution in [0.1, 0.15) is 79.5 Å². The fourth-order valence-electron chi connectivity index (χ4n) is 1.99. The van der Waals surface area contributed by atoms with Crippen LogP contribution in [0.3, 0.4) is 0 Å². The Bertz CT molecular complexity index is 334. The summed E-state index contributed by atoms with van der Waals surface area (Å²) < 4.78 is 26.7. The Hall–Kier alpha value is 0.420. The quantitative estimate of drug-likeness (QED) is 0.305. The van der Waals surface area contributed by atoms with E-state index >= 15 is 0 Å². The second-order valence-corrected chi connectivity index (χ2v) is 6.71. The first-order valence-electron chi connectivity index (χ1n) is 7.40. The van der Waals surface area contributed by atoms with Gasteiger partial charge in [0.25, 0.3) is 0 Å². The van der Waals surface area contributed by atoms with E-state index in [0.717, 1.165) is 19.8 Å². The molecular weight excluding hydrogens is 287 g/mol. The Kier molecular flexibility index (Phi) is 16.3. The van der Waals surface area contributed by atoms with Crippen molar-refractivity contribution in [3.05, 3.63) is 0 Å². The van der Waals surface area contributed by atoms with Gasteiger partial charge in [0.1, 0.15) is 0 Å². The van der Waals surface area contributed by atoms with Gasteiger partial charge in [-0.05, 0) is 6.42 Å². The second-order valence-electron chi connectivity index (χ2n) is 5.02. The molecule has 0 aliphatic carbocycles. The number of unbranched alkanes of at least 4 members (excludes halogenated alkanes) is 9. The minimum absolute atomic E-state index is 0. The maximum atomic E-state index is 11.2. The fourth-order valence-corrected chi connectivity index (χ4v) is 2.99. The molecule has 0 heterocycles. The molecule has 0 spiro atoms. The van der Waals surface area contributed by atoms with Crippen LogP contribution < -0.4 is 29.6 Å². The van der Waals surface area contributed by atoms with Crippen molar-refractivity contribution in [2.45, 2.75) is 78.1 Å². The summed E-state index contributed by atoms with van der Waals surface area (Å²) in [5.74, 6) is -0.810. The Morgan fingerprint density at radius 2 is 1.30 bits per heavy atom. The van der Waals surface area contributed by atoms with Crippen LogP contribution in [0.15, 0.2) is 0 Å². The zero-order valence-corrected chi connectivity index (χ0v) is 16.1. The monoisotopic (exact) mass is 316 g/mol. The maximum absolute atomic E-state index is 11.2. The number of carbonyl (C=O) groups excluding carboxylic acids is 1. The van der Waals surface area contributed by atoms with Gasteiger partial charge in [0.2, 0.25) is 0 Å². The predicted octanol–water partition coefficient (Wildman–Crippen LogP) is 0.917. The van der Waals surface area contributed by atoms with Gasteiger partial charge in [-0.1, -0.05) is 64.7 Å². The van der Waals surface area contributed by atoms with E-state index in [2.05, 4.69) is 11.1 Å². The van der Waals surface area contributed by atoms with E-state index in [4.69, 9.17) is 0 Å². The number of carbonyl (C=O) groups is 1. The summed E-state index contributed by atoms with van der Waals surface area (Å²) >= 11 is 0. The second kappa shape index (κ2) is 14.4. The van der Waals surface area contributed by atoms with E-state index in [1.807, 2.05) is 0 Å². The Morgan fingerprint density at radius 3 is 1.70 bits per heavy atom. The molecule has 0 atom stereocenters. The van der Waals surface area contributed by atoms with Gasteiger partial charge in [0.15, 0.2) is 0 Å². The minimum atomic E-state index is -3.64. The van der Waals surface area contributed by atoms with Gasteiger partial charge in [0, 0.05) is 6.92 Å². The maximum Gasteiger partial charge on any atom is 1.00 e. The first-order chi connectivity index (χ1) is 8.98. The Balaban J connectivity index is -0.00000162. The van der Waals surface area contributed by atoms with Crippen LogP contribution in [0.25, 0.3) is 0 Å². The van der Waals surface area contributed by atoms with Crippen molar-refractivity contribution in [2.24, 2.45) is 0 Å². The van der Waals surface area contributed by atoms with Crippen LogP contribution >= 0.6 is 0 Å². The molecule has 0 fully saturated rings. The van der Waals surface area contributed by atoms with Crippen LogP contribution in [-0.4, -0.2) is 20.1 Å². The largest absolute Gasteiger partial charge is 1.00 e. The molecule has 20 heavy (non-hydrogen) atoms. The normalized spacial score (nSPS) is 10.9. The summed E-state index contributed by atoms with van der Waals surface area (Å²) in [6.45, 7) is 3.32. The van der Waals surface area contributed by atoms with Crippen LogP contribution in [0.4, 0.5) is 0 Å². The van der Waals surface area contributed by atoms with Crippen LogP contribution in [0, 0.1) is 0 Å². The summed E-state index contributed by atoms with van der Waals surface area (Å²) in [5.41, 5.74) is 0. The summed E-state index contributed by atoms with van der Waals surface area (Å²) in [6, 6.07) is 0. The molecule has 0 amide bonds. The molecule has 0 aliphatic heterocycles.